The summed E-state index contributed by atoms with van der Waals surface area (Å²) in [6.07, 6.45) is 2.74. The summed E-state index contributed by atoms with van der Waals surface area (Å²) < 4.78 is 29.0. The fraction of sp³-hybridized carbons (Fsp3) is 0.200. The molecule has 0 bridgehead atoms. The minimum absolute atomic E-state index is 0.0750. The maximum atomic E-state index is 13.7. The van der Waals surface area contributed by atoms with Crippen LogP contribution in [0.3, 0.4) is 0 Å². The lowest BCUT2D eigenvalue weighted by molar-refractivity contribution is 0.0160. The van der Waals surface area contributed by atoms with Crippen LogP contribution in [0.5, 0.6) is 0 Å². The Morgan fingerprint density at radius 3 is 2.82 bits per heavy atom. The zero-order chi connectivity index (χ0) is 16.1. The fourth-order valence-corrected chi connectivity index (χ4v) is 3.33. The number of aromatic nitrogens is 1. The number of ketones is 1. The molecule has 1 aliphatic carbocycles. The van der Waals surface area contributed by atoms with Crippen molar-refractivity contribution in [3.05, 3.63) is 46.2 Å². The summed E-state index contributed by atoms with van der Waals surface area (Å²) in [6.45, 7) is 0. The number of hydrogen-bond donors (Lipinski definition) is 0. The van der Waals surface area contributed by atoms with E-state index >= 15 is 0 Å². The van der Waals surface area contributed by atoms with Crippen molar-refractivity contribution in [2.45, 2.75) is 17.2 Å². The molecule has 3 nitrogen and oxygen atoms in total. The molecule has 0 unspecified atom stereocenters. The molecule has 3 rings (SSSR count). The van der Waals surface area contributed by atoms with E-state index in [1.807, 2.05) is 6.07 Å². The number of nitrogens with zero attached hydrogens (tertiary/aromatic N) is 2. The highest BCUT2D eigenvalue weighted by Gasteiger charge is 2.50. The number of rotatable bonds is 2. The van der Waals surface area contributed by atoms with Gasteiger partial charge in [-0.25, -0.2) is 0 Å². The number of alkyl halides is 2. The van der Waals surface area contributed by atoms with Crippen molar-refractivity contribution in [1.29, 1.82) is 5.26 Å². The molecule has 0 spiro atoms. The monoisotopic (exact) mass is 338 g/mol. The summed E-state index contributed by atoms with van der Waals surface area (Å²) in [7, 11) is 0. The third-order valence-corrected chi connectivity index (χ3v) is 4.67. The molecule has 0 atom stereocenters. The summed E-state index contributed by atoms with van der Waals surface area (Å²) in [6, 6.07) is 6.65. The highest BCUT2D eigenvalue weighted by atomic mass is 35.5. The molecule has 0 fully saturated rings. The standard InChI is InChI=1S/C15H9ClF2N2OS/c1-22-12-7-20(9-2-3-10(16)8(4-9)6-19)11-5-15(17,18)14(21)13(11)12/h2-4,7H,5H2,1H3. The van der Waals surface area contributed by atoms with Gasteiger partial charge in [0.25, 0.3) is 0 Å². The molecule has 1 heterocycles. The minimum atomic E-state index is -3.37. The number of halogens is 3. The van der Waals surface area contributed by atoms with E-state index < -0.39 is 18.1 Å². The first-order valence-electron chi connectivity index (χ1n) is 6.30. The lowest BCUT2D eigenvalue weighted by atomic mass is 10.2. The van der Waals surface area contributed by atoms with E-state index in [4.69, 9.17) is 16.9 Å². The van der Waals surface area contributed by atoms with E-state index in [2.05, 4.69) is 0 Å². The van der Waals surface area contributed by atoms with E-state index in [1.165, 1.54) is 28.5 Å². The molecule has 22 heavy (non-hydrogen) atoms. The lowest BCUT2D eigenvalue weighted by Gasteiger charge is -2.10. The highest BCUT2D eigenvalue weighted by molar-refractivity contribution is 7.98. The molecule has 1 aromatic heterocycles. The Morgan fingerprint density at radius 2 is 2.18 bits per heavy atom. The van der Waals surface area contributed by atoms with Gasteiger partial charge in [0, 0.05) is 22.5 Å². The molecule has 7 heteroatoms. The van der Waals surface area contributed by atoms with Gasteiger partial charge in [0.1, 0.15) is 6.07 Å². The number of Topliss-reactive ketones (excluding diaryl/α,β-unsaturated/α-hetero) is 1. The molecular formula is C15H9ClF2N2OS. The number of nitriles is 1. The van der Waals surface area contributed by atoms with Gasteiger partial charge in [-0.3, -0.25) is 4.79 Å². The van der Waals surface area contributed by atoms with Crippen LogP contribution in [0.1, 0.15) is 21.6 Å². The van der Waals surface area contributed by atoms with Gasteiger partial charge in [0.2, 0.25) is 5.78 Å². The number of carbonyl (C=O) groups is 1. The van der Waals surface area contributed by atoms with Gasteiger partial charge in [0.15, 0.2) is 0 Å². The summed E-state index contributed by atoms with van der Waals surface area (Å²) in [5.41, 5.74) is 1.13. The zero-order valence-corrected chi connectivity index (χ0v) is 12.9. The van der Waals surface area contributed by atoms with Crippen molar-refractivity contribution in [3.8, 4) is 11.8 Å². The van der Waals surface area contributed by atoms with Crippen molar-refractivity contribution < 1.29 is 13.6 Å². The normalized spacial score (nSPS) is 15.7. The molecule has 1 aliphatic rings. The highest BCUT2D eigenvalue weighted by Crippen LogP contribution is 2.41. The van der Waals surface area contributed by atoms with E-state index in [9.17, 15) is 13.6 Å². The molecule has 0 saturated carbocycles. The predicted molar refractivity (Wildman–Crippen MR) is 80.3 cm³/mol. The summed E-state index contributed by atoms with van der Waals surface area (Å²) >= 11 is 7.13. The first kappa shape index (κ1) is 15.1. The number of fused-ring (bicyclic) bond motifs is 1. The molecule has 0 aliphatic heterocycles. The lowest BCUT2D eigenvalue weighted by Crippen LogP contribution is -2.24. The molecule has 2 aromatic rings. The van der Waals surface area contributed by atoms with Crippen LogP contribution in [0.4, 0.5) is 8.78 Å². The summed E-state index contributed by atoms with van der Waals surface area (Å²) in [4.78, 5) is 12.4. The Labute approximate surface area is 134 Å². The maximum Gasteiger partial charge on any atom is 0.315 e. The van der Waals surface area contributed by atoms with Crippen molar-refractivity contribution in [2.24, 2.45) is 0 Å². The van der Waals surface area contributed by atoms with Gasteiger partial charge in [-0.1, -0.05) is 11.6 Å². The van der Waals surface area contributed by atoms with Crippen molar-refractivity contribution in [1.82, 2.24) is 4.57 Å². The smallest absolute Gasteiger partial charge is 0.315 e. The third-order valence-electron chi connectivity index (χ3n) is 3.59. The number of hydrogen-bond acceptors (Lipinski definition) is 3. The van der Waals surface area contributed by atoms with Crippen LogP contribution in [0, 0.1) is 11.3 Å². The molecule has 0 radical (unpaired) electrons. The Kier molecular flexibility index (Phi) is 3.50. The SMILES string of the molecule is CSc1cn(-c2ccc(Cl)c(C#N)c2)c2c1C(=O)C(F)(F)C2. The quantitative estimate of drug-likeness (QED) is 0.774. The van der Waals surface area contributed by atoms with Crippen LogP contribution in [-0.4, -0.2) is 22.5 Å². The molecular weight excluding hydrogens is 330 g/mol. The first-order valence-corrected chi connectivity index (χ1v) is 7.90. The second kappa shape index (κ2) is 5.11. The van der Waals surface area contributed by atoms with Gasteiger partial charge in [0.05, 0.1) is 22.6 Å². The summed E-state index contributed by atoms with van der Waals surface area (Å²) in [5.74, 6) is -4.51. The molecule has 112 valence electrons. The fourth-order valence-electron chi connectivity index (χ4n) is 2.55. The molecule has 0 saturated heterocycles. The molecule has 1 aromatic carbocycles. The maximum absolute atomic E-state index is 13.7. The third kappa shape index (κ3) is 2.13. The second-order valence-corrected chi connectivity index (χ2v) is 6.13. The Bertz CT molecular complexity index is 839. The van der Waals surface area contributed by atoms with Crippen LogP contribution < -0.4 is 0 Å². The van der Waals surface area contributed by atoms with Crippen LogP contribution in [0.25, 0.3) is 5.69 Å². The van der Waals surface area contributed by atoms with E-state index in [1.54, 1.807) is 18.5 Å². The average Bonchev–Trinajstić information content (AvgIpc) is 2.95. The Hall–Kier alpha value is -1.84. The van der Waals surface area contributed by atoms with E-state index in [0.717, 1.165) is 0 Å². The van der Waals surface area contributed by atoms with Gasteiger partial charge in [-0.2, -0.15) is 14.0 Å². The first-order chi connectivity index (χ1) is 10.4. The Balaban J connectivity index is 2.21. The number of thioether (sulfide) groups is 1. The van der Waals surface area contributed by atoms with Gasteiger partial charge >= 0.3 is 5.92 Å². The van der Waals surface area contributed by atoms with Crippen molar-refractivity contribution in [2.75, 3.05) is 6.26 Å². The minimum Gasteiger partial charge on any atom is -0.319 e. The van der Waals surface area contributed by atoms with E-state index in [-0.39, 0.29) is 16.8 Å². The predicted octanol–water partition coefficient (Wildman–Crippen LogP) is 4.10. The van der Waals surface area contributed by atoms with Gasteiger partial charge in [-0.05, 0) is 24.5 Å². The average molecular weight is 339 g/mol. The summed E-state index contributed by atoms with van der Waals surface area (Å²) in [5, 5.41) is 9.33. The molecule has 0 N–H and O–H groups in total. The van der Waals surface area contributed by atoms with Crippen LogP contribution in [0.15, 0.2) is 29.3 Å². The van der Waals surface area contributed by atoms with Crippen LogP contribution >= 0.6 is 23.4 Å². The second-order valence-electron chi connectivity index (χ2n) is 4.88. The van der Waals surface area contributed by atoms with Crippen LogP contribution in [-0.2, 0) is 6.42 Å². The largest absolute Gasteiger partial charge is 0.319 e. The van der Waals surface area contributed by atoms with Crippen molar-refractivity contribution in [3.63, 3.8) is 0 Å². The van der Waals surface area contributed by atoms with Gasteiger partial charge in [-0.15, -0.1) is 11.8 Å². The zero-order valence-electron chi connectivity index (χ0n) is 11.4. The topological polar surface area (TPSA) is 45.8 Å². The molecule has 0 amide bonds. The Morgan fingerprint density at radius 1 is 1.45 bits per heavy atom. The number of carbonyl (C=O) groups excluding carboxylic acids is 1. The van der Waals surface area contributed by atoms with Crippen molar-refractivity contribution >= 4 is 29.1 Å². The number of benzene rings is 1. The van der Waals surface area contributed by atoms with Crippen LogP contribution in [0.2, 0.25) is 5.02 Å². The van der Waals surface area contributed by atoms with Gasteiger partial charge < -0.3 is 4.57 Å². The van der Waals surface area contributed by atoms with E-state index in [0.29, 0.717) is 15.6 Å².